The van der Waals surface area contributed by atoms with Gasteiger partial charge < -0.3 is 8.98 Å². The van der Waals surface area contributed by atoms with Crippen molar-refractivity contribution < 1.29 is 4.42 Å². The predicted molar refractivity (Wildman–Crippen MR) is 82.8 cm³/mol. The third-order valence-corrected chi connectivity index (χ3v) is 4.41. The summed E-state index contributed by atoms with van der Waals surface area (Å²) in [5.41, 5.74) is 4.78. The number of fused-ring (bicyclic) bond motifs is 3. The first-order chi connectivity index (χ1) is 10.2. The first-order valence-corrected chi connectivity index (χ1v) is 7.42. The highest BCUT2D eigenvalue weighted by Crippen LogP contribution is 2.34. The summed E-state index contributed by atoms with van der Waals surface area (Å²) in [7, 11) is 0. The van der Waals surface area contributed by atoms with Crippen LogP contribution in [0.4, 0.5) is 0 Å². The number of nitrogens with zero attached hydrogens (tertiary/aromatic N) is 1. The molecule has 1 aromatic carbocycles. The third-order valence-electron chi connectivity index (χ3n) is 4.41. The van der Waals surface area contributed by atoms with E-state index in [1.165, 1.54) is 23.2 Å². The van der Waals surface area contributed by atoms with Crippen LogP contribution in [0, 0.1) is 6.92 Å². The van der Waals surface area contributed by atoms with E-state index in [-0.39, 0.29) is 5.63 Å². The van der Waals surface area contributed by atoms with Crippen molar-refractivity contribution in [3.8, 4) is 0 Å². The van der Waals surface area contributed by atoms with Gasteiger partial charge in [0.1, 0.15) is 5.76 Å². The molecule has 0 aliphatic heterocycles. The molecule has 2 heterocycles. The van der Waals surface area contributed by atoms with E-state index >= 15 is 0 Å². The zero-order chi connectivity index (χ0) is 14.4. The van der Waals surface area contributed by atoms with Crippen LogP contribution in [0.1, 0.15) is 29.0 Å². The summed E-state index contributed by atoms with van der Waals surface area (Å²) in [4.78, 5) is 11.8. The molecular weight excluding hydrogens is 262 g/mol. The summed E-state index contributed by atoms with van der Waals surface area (Å²) in [5.74, 6) is 0.752. The highest BCUT2D eigenvalue weighted by molar-refractivity contribution is 5.87. The topological polar surface area (TPSA) is 35.1 Å². The van der Waals surface area contributed by atoms with Crippen molar-refractivity contribution in [1.29, 1.82) is 0 Å². The molecule has 4 rings (SSSR count). The van der Waals surface area contributed by atoms with Crippen molar-refractivity contribution in [1.82, 2.24) is 4.57 Å². The molecule has 0 fully saturated rings. The maximum Gasteiger partial charge on any atom is 0.337 e. The molecule has 0 bridgehead atoms. The molecule has 0 saturated carbocycles. The minimum Gasteiger partial charge on any atom is -0.427 e. The van der Waals surface area contributed by atoms with Crippen molar-refractivity contribution in [3.05, 3.63) is 69.4 Å². The molecule has 0 spiro atoms. The molecule has 0 unspecified atom stereocenters. The number of aryl methyl sites for hydroxylation is 2. The van der Waals surface area contributed by atoms with E-state index in [1.807, 2.05) is 13.0 Å². The smallest absolute Gasteiger partial charge is 0.337 e. The molecule has 2 aromatic heterocycles. The Morgan fingerprint density at radius 3 is 2.81 bits per heavy atom. The van der Waals surface area contributed by atoms with Gasteiger partial charge in [0.15, 0.2) is 0 Å². The first kappa shape index (κ1) is 12.5. The summed E-state index contributed by atoms with van der Waals surface area (Å²) in [6.07, 6.45) is 3.36. The summed E-state index contributed by atoms with van der Waals surface area (Å²) in [5, 5.41) is 1.15. The summed E-state index contributed by atoms with van der Waals surface area (Å²) in [6.45, 7) is 2.71. The zero-order valence-corrected chi connectivity index (χ0v) is 12.1. The molecule has 21 heavy (non-hydrogen) atoms. The molecule has 106 valence electrons. The van der Waals surface area contributed by atoms with Crippen molar-refractivity contribution in [2.75, 3.05) is 0 Å². The lowest BCUT2D eigenvalue weighted by Crippen LogP contribution is -2.06. The van der Waals surface area contributed by atoms with E-state index in [0.29, 0.717) is 0 Å². The lowest BCUT2D eigenvalue weighted by atomic mass is 10.1. The fourth-order valence-electron chi connectivity index (χ4n) is 3.56. The minimum atomic E-state index is -0.259. The van der Waals surface area contributed by atoms with Crippen molar-refractivity contribution in [2.24, 2.45) is 0 Å². The van der Waals surface area contributed by atoms with E-state index in [0.717, 1.165) is 36.0 Å². The predicted octanol–water partition coefficient (Wildman–Crippen LogP) is 3.44. The lowest BCUT2D eigenvalue weighted by molar-refractivity contribution is 0.487. The Bertz CT molecular complexity index is 872. The van der Waals surface area contributed by atoms with Gasteiger partial charge in [-0.05, 0) is 37.3 Å². The van der Waals surface area contributed by atoms with Crippen LogP contribution < -0.4 is 5.63 Å². The van der Waals surface area contributed by atoms with Crippen LogP contribution in [0.15, 0.2) is 45.6 Å². The molecule has 3 heteroatoms. The Balaban J connectivity index is 1.98. The third kappa shape index (κ3) is 1.92. The van der Waals surface area contributed by atoms with Crippen molar-refractivity contribution >= 4 is 10.9 Å². The second-order valence-corrected chi connectivity index (χ2v) is 5.73. The lowest BCUT2D eigenvalue weighted by Gasteiger charge is -2.09. The van der Waals surface area contributed by atoms with E-state index in [9.17, 15) is 4.79 Å². The average molecular weight is 279 g/mol. The van der Waals surface area contributed by atoms with Crippen molar-refractivity contribution in [3.63, 3.8) is 0 Å². The maximum absolute atomic E-state index is 11.8. The first-order valence-electron chi connectivity index (χ1n) is 7.42. The van der Waals surface area contributed by atoms with Crippen LogP contribution in [0.3, 0.4) is 0 Å². The monoisotopic (exact) mass is 279 g/mol. The quantitative estimate of drug-likeness (QED) is 0.720. The minimum absolute atomic E-state index is 0.259. The van der Waals surface area contributed by atoms with Gasteiger partial charge in [0.2, 0.25) is 0 Å². The second-order valence-electron chi connectivity index (χ2n) is 5.73. The largest absolute Gasteiger partial charge is 0.427 e. The van der Waals surface area contributed by atoms with Crippen LogP contribution >= 0.6 is 0 Å². The molecule has 0 amide bonds. The van der Waals surface area contributed by atoms with Crippen molar-refractivity contribution in [2.45, 2.75) is 32.7 Å². The van der Waals surface area contributed by atoms with Gasteiger partial charge in [-0.15, -0.1) is 0 Å². The fourth-order valence-corrected chi connectivity index (χ4v) is 3.56. The van der Waals surface area contributed by atoms with Crippen LogP contribution in [0.5, 0.6) is 0 Å². The van der Waals surface area contributed by atoms with E-state index in [1.54, 1.807) is 6.07 Å². The van der Waals surface area contributed by atoms with Gasteiger partial charge in [-0.3, -0.25) is 0 Å². The number of benzene rings is 1. The van der Waals surface area contributed by atoms with Gasteiger partial charge in [-0.25, -0.2) is 4.79 Å². The summed E-state index contributed by atoms with van der Waals surface area (Å²) < 4.78 is 7.61. The Hall–Kier alpha value is -2.29. The van der Waals surface area contributed by atoms with Gasteiger partial charge in [-0.1, -0.05) is 30.3 Å². The van der Waals surface area contributed by atoms with Gasteiger partial charge in [0.25, 0.3) is 0 Å². The average Bonchev–Trinajstić information content (AvgIpc) is 3.03. The Morgan fingerprint density at radius 1 is 1.19 bits per heavy atom. The normalized spacial score (nSPS) is 13.8. The summed E-state index contributed by atoms with van der Waals surface area (Å²) in [6, 6.07) is 12.0. The van der Waals surface area contributed by atoms with Gasteiger partial charge in [-0.2, -0.15) is 0 Å². The van der Waals surface area contributed by atoms with E-state index in [2.05, 4.69) is 28.8 Å². The Kier molecular flexibility index (Phi) is 2.74. The standard InChI is InChI=1S/C18H17NO2/c1-12-18-14-8-5-9-15(14)19(16(18)10-17(20)21-12)11-13-6-3-2-4-7-13/h2-4,6-7,10H,5,8-9,11H2,1H3. The van der Waals surface area contributed by atoms with E-state index in [4.69, 9.17) is 4.42 Å². The Morgan fingerprint density at radius 2 is 2.00 bits per heavy atom. The fraction of sp³-hybridized carbons (Fsp3) is 0.278. The molecule has 3 nitrogen and oxygen atoms in total. The second kappa shape index (κ2) is 4.62. The van der Waals surface area contributed by atoms with E-state index < -0.39 is 0 Å². The Labute approximate surface area is 122 Å². The van der Waals surface area contributed by atoms with Gasteiger partial charge in [0, 0.05) is 23.7 Å². The molecular formula is C18H17NO2. The molecule has 3 aromatic rings. The molecule has 1 aliphatic carbocycles. The maximum atomic E-state index is 11.8. The van der Waals surface area contributed by atoms with Crippen LogP contribution in [-0.2, 0) is 19.4 Å². The molecule has 0 radical (unpaired) electrons. The summed E-state index contributed by atoms with van der Waals surface area (Å²) >= 11 is 0. The molecule has 0 atom stereocenters. The zero-order valence-electron chi connectivity index (χ0n) is 12.1. The molecule has 0 saturated heterocycles. The number of rotatable bonds is 2. The number of hydrogen-bond donors (Lipinski definition) is 0. The van der Waals surface area contributed by atoms with Gasteiger partial charge >= 0.3 is 5.63 Å². The van der Waals surface area contributed by atoms with Crippen LogP contribution in [0.25, 0.3) is 10.9 Å². The SMILES string of the molecule is Cc1oc(=O)cc2c1c1c(n2Cc2ccccc2)CCC1. The van der Waals surface area contributed by atoms with Gasteiger partial charge in [0.05, 0.1) is 5.52 Å². The van der Waals surface area contributed by atoms with Crippen LogP contribution in [-0.4, -0.2) is 4.57 Å². The molecule has 0 N–H and O–H groups in total. The number of hydrogen-bond acceptors (Lipinski definition) is 2. The molecule has 1 aliphatic rings. The highest BCUT2D eigenvalue weighted by atomic mass is 16.4. The number of aromatic nitrogens is 1. The van der Waals surface area contributed by atoms with Crippen LogP contribution in [0.2, 0.25) is 0 Å². The highest BCUT2D eigenvalue weighted by Gasteiger charge is 2.23.